The molecule has 4 nitrogen and oxygen atoms in total. The summed E-state index contributed by atoms with van der Waals surface area (Å²) in [7, 11) is 6.66. The molecule has 2 aliphatic rings. The van der Waals surface area contributed by atoms with Gasteiger partial charge in [0.25, 0.3) is 0 Å². The average Bonchev–Trinajstić information content (AvgIpc) is 2.81. The summed E-state index contributed by atoms with van der Waals surface area (Å²) in [5.74, 6) is 0. The number of likely N-dealkylation sites (tertiary alicyclic amines) is 1. The molecule has 2 saturated heterocycles. The molecule has 17 heavy (non-hydrogen) atoms. The van der Waals surface area contributed by atoms with Crippen molar-refractivity contribution in [2.75, 3.05) is 54.0 Å². The van der Waals surface area contributed by atoms with Gasteiger partial charge in [-0.05, 0) is 53.5 Å². The normalized spacial score (nSPS) is 30.0. The van der Waals surface area contributed by atoms with Gasteiger partial charge in [0.15, 0.2) is 0 Å². The van der Waals surface area contributed by atoms with E-state index in [0.717, 1.165) is 19.8 Å². The number of ether oxygens (including phenoxy) is 1. The van der Waals surface area contributed by atoms with Crippen molar-refractivity contribution in [2.45, 2.75) is 30.8 Å². The van der Waals surface area contributed by atoms with Crippen LogP contribution in [0.1, 0.15) is 19.3 Å². The summed E-state index contributed by atoms with van der Waals surface area (Å²) in [6.07, 6.45) is 3.69. The minimum absolute atomic E-state index is 0.342. The molecule has 0 aromatic heterocycles. The summed E-state index contributed by atoms with van der Waals surface area (Å²) in [6.45, 7) is 5.34. The first-order valence-corrected chi connectivity index (χ1v) is 6.79. The van der Waals surface area contributed by atoms with Crippen LogP contribution in [0.3, 0.4) is 0 Å². The largest absolute Gasteiger partial charge is 0.380 e. The maximum atomic E-state index is 5.42. The second-order valence-electron chi connectivity index (χ2n) is 5.86. The topological polar surface area (TPSA) is 27.7 Å². The lowest BCUT2D eigenvalue weighted by molar-refractivity contribution is 0.0627. The van der Waals surface area contributed by atoms with Gasteiger partial charge in [0, 0.05) is 24.7 Å². The molecule has 0 aliphatic carbocycles. The van der Waals surface area contributed by atoms with Gasteiger partial charge in [-0.25, -0.2) is 0 Å². The lowest BCUT2D eigenvalue weighted by Crippen LogP contribution is -2.58. The highest BCUT2D eigenvalue weighted by molar-refractivity contribution is 4.95. The molecule has 2 fully saturated rings. The van der Waals surface area contributed by atoms with Crippen molar-refractivity contribution in [3.63, 3.8) is 0 Å². The first-order valence-electron chi connectivity index (χ1n) is 6.79. The van der Waals surface area contributed by atoms with Crippen molar-refractivity contribution in [1.82, 2.24) is 15.1 Å². The molecule has 0 bridgehead atoms. The molecule has 0 saturated carbocycles. The smallest absolute Gasteiger partial charge is 0.0620 e. The zero-order valence-electron chi connectivity index (χ0n) is 11.5. The molecule has 2 rings (SSSR count). The summed E-state index contributed by atoms with van der Waals surface area (Å²) in [5, 5.41) is 3.70. The maximum absolute atomic E-state index is 5.42. The van der Waals surface area contributed by atoms with Crippen LogP contribution in [0, 0.1) is 0 Å². The van der Waals surface area contributed by atoms with Crippen molar-refractivity contribution in [2.24, 2.45) is 0 Å². The van der Waals surface area contributed by atoms with Crippen LogP contribution >= 0.6 is 0 Å². The van der Waals surface area contributed by atoms with E-state index in [-0.39, 0.29) is 0 Å². The molecule has 2 heterocycles. The second kappa shape index (κ2) is 5.65. The highest BCUT2D eigenvalue weighted by Crippen LogP contribution is 2.26. The van der Waals surface area contributed by atoms with E-state index < -0.39 is 0 Å². The van der Waals surface area contributed by atoms with E-state index in [1.807, 2.05) is 0 Å². The molecule has 100 valence electrons. The summed E-state index contributed by atoms with van der Waals surface area (Å²) >= 11 is 0. The third kappa shape index (κ3) is 3.19. The number of piperidine rings is 1. The highest BCUT2D eigenvalue weighted by atomic mass is 16.5. The Morgan fingerprint density at radius 3 is 2.59 bits per heavy atom. The zero-order chi connectivity index (χ0) is 12.3. The van der Waals surface area contributed by atoms with Gasteiger partial charge in [-0.15, -0.1) is 0 Å². The van der Waals surface area contributed by atoms with E-state index in [1.54, 1.807) is 0 Å². The minimum Gasteiger partial charge on any atom is -0.380 e. The van der Waals surface area contributed by atoms with Gasteiger partial charge < -0.3 is 19.9 Å². The Kier molecular flexibility index (Phi) is 4.42. The molecule has 0 amide bonds. The first-order chi connectivity index (χ1) is 8.12. The summed E-state index contributed by atoms with van der Waals surface area (Å²) < 4.78 is 5.42. The number of hydrogen-bond acceptors (Lipinski definition) is 4. The molecule has 4 heteroatoms. The summed E-state index contributed by atoms with van der Waals surface area (Å²) in [4.78, 5) is 4.85. The molecule has 0 radical (unpaired) electrons. The minimum atomic E-state index is 0.342. The molecule has 0 aromatic rings. The van der Waals surface area contributed by atoms with Crippen molar-refractivity contribution in [1.29, 1.82) is 0 Å². The monoisotopic (exact) mass is 241 g/mol. The van der Waals surface area contributed by atoms with Crippen molar-refractivity contribution >= 4 is 0 Å². The van der Waals surface area contributed by atoms with Crippen molar-refractivity contribution < 1.29 is 4.74 Å². The first kappa shape index (κ1) is 13.3. The number of nitrogens with zero attached hydrogens (tertiary/aromatic N) is 2. The van der Waals surface area contributed by atoms with Gasteiger partial charge in [-0.2, -0.15) is 0 Å². The van der Waals surface area contributed by atoms with Crippen molar-refractivity contribution in [3.05, 3.63) is 0 Å². The zero-order valence-corrected chi connectivity index (χ0v) is 11.5. The van der Waals surface area contributed by atoms with Crippen LogP contribution < -0.4 is 5.32 Å². The molecular weight excluding hydrogens is 214 g/mol. The van der Waals surface area contributed by atoms with Gasteiger partial charge in [0.05, 0.1) is 6.61 Å². The number of hydrogen-bond donors (Lipinski definition) is 1. The highest BCUT2D eigenvalue weighted by Gasteiger charge is 2.36. The Bertz CT molecular complexity index is 231. The number of likely N-dealkylation sites (N-methyl/N-ethyl adjacent to an activating group) is 1. The van der Waals surface area contributed by atoms with Gasteiger partial charge in [-0.1, -0.05) is 0 Å². The van der Waals surface area contributed by atoms with Crippen LogP contribution in [-0.2, 0) is 4.74 Å². The van der Waals surface area contributed by atoms with E-state index >= 15 is 0 Å². The van der Waals surface area contributed by atoms with Crippen molar-refractivity contribution in [3.8, 4) is 0 Å². The van der Waals surface area contributed by atoms with E-state index in [9.17, 15) is 0 Å². The predicted octanol–water partition coefficient (Wildman–Crippen LogP) is 0.391. The van der Waals surface area contributed by atoms with Crippen LogP contribution in [0.15, 0.2) is 0 Å². The Hall–Kier alpha value is -0.160. The van der Waals surface area contributed by atoms with E-state index in [0.29, 0.717) is 11.6 Å². The summed E-state index contributed by atoms with van der Waals surface area (Å²) in [6, 6.07) is 0.575. The van der Waals surface area contributed by atoms with Crippen LogP contribution in [-0.4, -0.2) is 75.4 Å². The van der Waals surface area contributed by atoms with Gasteiger partial charge in [0.1, 0.15) is 0 Å². The Labute approximate surface area is 105 Å². The summed E-state index contributed by atoms with van der Waals surface area (Å²) in [5.41, 5.74) is 0.342. The molecule has 1 unspecified atom stereocenters. The number of rotatable bonds is 4. The molecule has 0 spiro atoms. The second-order valence-corrected chi connectivity index (χ2v) is 5.86. The lowest BCUT2D eigenvalue weighted by Gasteiger charge is -2.46. The van der Waals surface area contributed by atoms with Gasteiger partial charge in [0.2, 0.25) is 0 Å². The predicted molar refractivity (Wildman–Crippen MR) is 70.4 cm³/mol. The molecule has 0 aromatic carbocycles. The lowest BCUT2D eigenvalue weighted by atomic mass is 9.86. The Balaban J connectivity index is 1.87. The van der Waals surface area contributed by atoms with E-state index in [4.69, 9.17) is 4.74 Å². The fourth-order valence-electron chi connectivity index (χ4n) is 2.85. The van der Waals surface area contributed by atoms with Crippen LogP contribution in [0.5, 0.6) is 0 Å². The Morgan fingerprint density at radius 1 is 1.35 bits per heavy atom. The van der Waals surface area contributed by atoms with Gasteiger partial charge in [-0.3, -0.25) is 0 Å². The van der Waals surface area contributed by atoms with Crippen LogP contribution in [0.4, 0.5) is 0 Å². The fourth-order valence-corrected chi connectivity index (χ4v) is 2.85. The number of nitrogens with one attached hydrogen (secondary N) is 1. The fraction of sp³-hybridized carbons (Fsp3) is 1.00. The quantitative estimate of drug-likeness (QED) is 0.771. The maximum Gasteiger partial charge on any atom is 0.0620 e. The standard InChI is InChI=1S/C13H27N3O/c1-15(2)13(5-7-16(3)8-6-13)11-14-12-4-9-17-10-12/h12,14H,4-11H2,1-3H3. The third-order valence-corrected chi connectivity index (χ3v) is 4.52. The third-order valence-electron chi connectivity index (χ3n) is 4.52. The van der Waals surface area contributed by atoms with Crippen LogP contribution in [0.25, 0.3) is 0 Å². The van der Waals surface area contributed by atoms with Gasteiger partial charge >= 0.3 is 0 Å². The Morgan fingerprint density at radius 2 is 2.06 bits per heavy atom. The molecule has 1 atom stereocenters. The average molecular weight is 241 g/mol. The molecular formula is C13H27N3O. The SMILES string of the molecule is CN1CCC(CNC2CCOC2)(N(C)C)CC1. The van der Waals surface area contributed by atoms with Crippen LogP contribution in [0.2, 0.25) is 0 Å². The molecule has 2 aliphatic heterocycles. The van der Waals surface area contributed by atoms with E-state index in [1.165, 1.54) is 32.4 Å². The molecule has 1 N–H and O–H groups in total. The van der Waals surface area contributed by atoms with E-state index in [2.05, 4.69) is 36.3 Å².